The topological polar surface area (TPSA) is 67.6 Å². The molecule has 1 saturated heterocycles. The predicted molar refractivity (Wildman–Crippen MR) is 77.9 cm³/mol. The van der Waals surface area contributed by atoms with Crippen molar-refractivity contribution < 1.29 is 9.53 Å². The van der Waals surface area contributed by atoms with Gasteiger partial charge in [0.2, 0.25) is 5.91 Å². The Morgan fingerprint density at radius 3 is 2.95 bits per heavy atom. The number of likely N-dealkylation sites (tertiary alicyclic amines) is 1. The Balaban J connectivity index is 1.95. The highest BCUT2D eigenvalue weighted by Gasteiger charge is 2.32. The van der Waals surface area contributed by atoms with Gasteiger partial charge in [0, 0.05) is 12.6 Å². The van der Waals surface area contributed by atoms with Crippen molar-refractivity contribution in [1.29, 1.82) is 0 Å². The number of nitrogens with zero attached hydrogens (tertiary/aromatic N) is 1. The summed E-state index contributed by atoms with van der Waals surface area (Å²) in [4.78, 5) is 13.9. The zero-order chi connectivity index (χ0) is 14.3. The number of ether oxygens (including phenoxy) is 1. The number of hydrogen-bond acceptors (Lipinski definition) is 4. The van der Waals surface area contributed by atoms with Gasteiger partial charge in [0.1, 0.15) is 5.75 Å². The first-order valence-electron chi connectivity index (χ1n) is 7.03. The van der Waals surface area contributed by atoms with E-state index < -0.39 is 0 Å². The normalized spacial score (nSPS) is 25.6. The van der Waals surface area contributed by atoms with Crippen molar-refractivity contribution in [3.8, 4) is 5.75 Å². The lowest BCUT2D eigenvalue weighted by Gasteiger charge is -2.21. The van der Waals surface area contributed by atoms with E-state index in [0.717, 1.165) is 36.5 Å². The molecule has 0 bridgehead atoms. The van der Waals surface area contributed by atoms with Crippen LogP contribution in [0.25, 0.3) is 0 Å². The zero-order valence-corrected chi connectivity index (χ0v) is 12.0. The number of amides is 1. The molecule has 5 nitrogen and oxygen atoms in total. The quantitative estimate of drug-likeness (QED) is 0.868. The molecule has 20 heavy (non-hydrogen) atoms. The largest absolute Gasteiger partial charge is 0.495 e. The van der Waals surface area contributed by atoms with Crippen molar-refractivity contribution in [3.05, 3.63) is 23.3 Å². The van der Waals surface area contributed by atoms with E-state index in [1.165, 1.54) is 5.56 Å². The highest BCUT2D eigenvalue weighted by Crippen LogP contribution is 2.40. The summed E-state index contributed by atoms with van der Waals surface area (Å²) in [7, 11) is 3.77. The Hall–Kier alpha value is -1.59. The van der Waals surface area contributed by atoms with Gasteiger partial charge in [-0.3, -0.25) is 9.69 Å². The second kappa shape index (κ2) is 5.07. The van der Waals surface area contributed by atoms with Crippen molar-refractivity contribution >= 4 is 11.6 Å². The van der Waals surface area contributed by atoms with Crippen molar-refractivity contribution in [2.24, 2.45) is 11.7 Å². The number of hydrogen-bond donors (Lipinski definition) is 2. The summed E-state index contributed by atoms with van der Waals surface area (Å²) in [5, 5.41) is 2.87. The van der Waals surface area contributed by atoms with Gasteiger partial charge in [-0.1, -0.05) is 6.07 Å². The van der Waals surface area contributed by atoms with E-state index in [2.05, 4.69) is 23.3 Å². The summed E-state index contributed by atoms with van der Waals surface area (Å²) in [5.41, 5.74) is 8.88. The van der Waals surface area contributed by atoms with Crippen LogP contribution in [0.4, 0.5) is 5.69 Å². The van der Waals surface area contributed by atoms with E-state index in [9.17, 15) is 4.79 Å². The zero-order valence-electron chi connectivity index (χ0n) is 12.0. The fraction of sp³-hybridized carbons (Fsp3) is 0.533. The Bertz CT molecular complexity index is 544. The molecule has 0 radical (unpaired) electrons. The van der Waals surface area contributed by atoms with E-state index in [-0.39, 0.29) is 5.91 Å². The minimum Gasteiger partial charge on any atom is -0.495 e. The van der Waals surface area contributed by atoms with Gasteiger partial charge in [0.25, 0.3) is 0 Å². The SMILES string of the molecule is COc1cc(C2CC(CN)CN2C)cc2c1NC(=O)C2. The first-order valence-corrected chi connectivity index (χ1v) is 7.03. The van der Waals surface area contributed by atoms with Gasteiger partial charge >= 0.3 is 0 Å². The van der Waals surface area contributed by atoms with Crippen LogP contribution < -0.4 is 15.8 Å². The number of methoxy groups -OCH3 is 1. The van der Waals surface area contributed by atoms with Crippen LogP contribution in [-0.2, 0) is 11.2 Å². The monoisotopic (exact) mass is 275 g/mol. The molecule has 0 aliphatic carbocycles. The van der Waals surface area contributed by atoms with Crippen LogP contribution in [-0.4, -0.2) is 38.1 Å². The molecule has 2 unspecified atom stereocenters. The number of nitrogens with one attached hydrogen (secondary N) is 1. The van der Waals surface area contributed by atoms with Crippen molar-refractivity contribution in [2.45, 2.75) is 18.9 Å². The van der Waals surface area contributed by atoms with E-state index in [0.29, 0.717) is 18.4 Å². The second-order valence-corrected chi connectivity index (χ2v) is 5.78. The molecule has 2 atom stereocenters. The highest BCUT2D eigenvalue weighted by atomic mass is 16.5. The number of carbonyl (C=O) groups is 1. The molecule has 0 spiro atoms. The van der Waals surface area contributed by atoms with Gasteiger partial charge < -0.3 is 15.8 Å². The van der Waals surface area contributed by atoms with Gasteiger partial charge in [0.15, 0.2) is 0 Å². The molecular weight excluding hydrogens is 254 g/mol. The third kappa shape index (κ3) is 2.17. The lowest BCUT2D eigenvalue weighted by molar-refractivity contribution is -0.115. The molecule has 1 amide bonds. The smallest absolute Gasteiger partial charge is 0.228 e. The van der Waals surface area contributed by atoms with E-state index in [1.54, 1.807) is 7.11 Å². The molecule has 0 aromatic heterocycles. The second-order valence-electron chi connectivity index (χ2n) is 5.78. The number of carbonyl (C=O) groups excluding carboxylic acids is 1. The number of rotatable bonds is 3. The molecule has 0 saturated carbocycles. The average Bonchev–Trinajstić information content (AvgIpc) is 2.99. The van der Waals surface area contributed by atoms with Crippen LogP contribution in [0.2, 0.25) is 0 Å². The predicted octanol–water partition coefficient (Wildman–Crippen LogP) is 1.14. The van der Waals surface area contributed by atoms with Crippen LogP contribution in [0.1, 0.15) is 23.6 Å². The first-order chi connectivity index (χ1) is 9.62. The molecule has 5 heteroatoms. The molecule has 1 aromatic carbocycles. The summed E-state index contributed by atoms with van der Waals surface area (Å²) < 4.78 is 5.44. The van der Waals surface area contributed by atoms with Crippen LogP contribution in [0.5, 0.6) is 5.75 Å². The van der Waals surface area contributed by atoms with Gasteiger partial charge in [0.05, 0.1) is 19.2 Å². The molecule has 1 aromatic rings. The lowest BCUT2D eigenvalue weighted by atomic mass is 9.97. The fourth-order valence-corrected chi connectivity index (χ4v) is 3.35. The summed E-state index contributed by atoms with van der Waals surface area (Å²) in [6.07, 6.45) is 1.51. The van der Waals surface area contributed by atoms with Crippen LogP contribution in [0, 0.1) is 5.92 Å². The molecular formula is C15H21N3O2. The summed E-state index contributed by atoms with van der Waals surface area (Å²) in [5.74, 6) is 1.34. The molecule has 2 aliphatic rings. The van der Waals surface area contributed by atoms with Crippen LogP contribution >= 0.6 is 0 Å². The third-order valence-corrected chi connectivity index (χ3v) is 4.39. The Morgan fingerprint density at radius 1 is 1.50 bits per heavy atom. The van der Waals surface area contributed by atoms with Crippen molar-refractivity contribution in [1.82, 2.24) is 4.90 Å². The van der Waals surface area contributed by atoms with Crippen molar-refractivity contribution in [2.75, 3.05) is 32.6 Å². The van der Waals surface area contributed by atoms with Gasteiger partial charge in [-0.15, -0.1) is 0 Å². The molecule has 2 aliphatic heterocycles. The summed E-state index contributed by atoms with van der Waals surface area (Å²) in [6.45, 7) is 1.75. The molecule has 3 rings (SSSR count). The number of benzene rings is 1. The summed E-state index contributed by atoms with van der Waals surface area (Å²) >= 11 is 0. The van der Waals surface area contributed by atoms with Gasteiger partial charge in [-0.25, -0.2) is 0 Å². The number of anilines is 1. The fourth-order valence-electron chi connectivity index (χ4n) is 3.35. The molecule has 2 heterocycles. The van der Waals surface area contributed by atoms with E-state index in [4.69, 9.17) is 10.5 Å². The number of fused-ring (bicyclic) bond motifs is 1. The number of nitrogens with two attached hydrogens (primary N) is 1. The van der Waals surface area contributed by atoms with Crippen molar-refractivity contribution in [3.63, 3.8) is 0 Å². The maximum atomic E-state index is 11.6. The Morgan fingerprint density at radius 2 is 2.30 bits per heavy atom. The van der Waals surface area contributed by atoms with E-state index >= 15 is 0 Å². The highest BCUT2D eigenvalue weighted by molar-refractivity contribution is 6.01. The summed E-state index contributed by atoms with van der Waals surface area (Å²) in [6, 6.07) is 4.54. The molecule has 1 fully saturated rings. The maximum Gasteiger partial charge on any atom is 0.228 e. The average molecular weight is 275 g/mol. The minimum absolute atomic E-state index is 0.0371. The lowest BCUT2D eigenvalue weighted by Crippen LogP contribution is -2.20. The molecule has 3 N–H and O–H groups in total. The maximum absolute atomic E-state index is 11.6. The van der Waals surface area contributed by atoms with E-state index in [1.807, 2.05) is 6.07 Å². The van der Waals surface area contributed by atoms with Gasteiger partial charge in [-0.05, 0) is 43.1 Å². The molecule has 108 valence electrons. The van der Waals surface area contributed by atoms with Gasteiger partial charge in [-0.2, -0.15) is 0 Å². The Kier molecular flexibility index (Phi) is 3.40. The van der Waals surface area contributed by atoms with Crippen LogP contribution in [0.3, 0.4) is 0 Å². The first kappa shape index (κ1) is 13.4. The minimum atomic E-state index is 0.0371. The Labute approximate surface area is 119 Å². The standard InChI is InChI=1S/C15H21N3O2/c1-18-8-9(7-16)3-12(18)10-4-11-6-14(19)17-15(11)13(5-10)20-2/h4-5,9,12H,3,6-8,16H2,1-2H3,(H,17,19). The third-order valence-electron chi connectivity index (χ3n) is 4.39. The van der Waals surface area contributed by atoms with Crippen LogP contribution in [0.15, 0.2) is 12.1 Å².